The van der Waals surface area contributed by atoms with Crippen molar-refractivity contribution in [1.82, 2.24) is 0 Å². The topological polar surface area (TPSA) is 26.0 Å². The molecule has 0 aliphatic carbocycles. The van der Waals surface area contributed by atoms with E-state index < -0.39 is 0 Å². The molecule has 0 aliphatic rings. The third-order valence-corrected chi connectivity index (χ3v) is 2.85. The van der Waals surface area contributed by atoms with Gasteiger partial charge in [-0.3, -0.25) is 0 Å². The molecule has 2 N–H and O–H groups in total. The minimum atomic E-state index is 0.583. The summed E-state index contributed by atoms with van der Waals surface area (Å²) in [7, 11) is 0. The van der Waals surface area contributed by atoms with E-state index in [0.717, 1.165) is 17.9 Å². The molecule has 0 saturated carbocycles. The third kappa shape index (κ3) is 3.71. The van der Waals surface area contributed by atoms with Gasteiger partial charge in [-0.1, -0.05) is 27.7 Å². The quantitative estimate of drug-likeness (QED) is 0.707. The lowest BCUT2D eigenvalue weighted by Crippen LogP contribution is -2.04. The molecule has 66 valence electrons. The first kappa shape index (κ1) is 10.9. The highest BCUT2D eigenvalue weighted by atomic mass is 32.2. The molecule has 0 rings (SSSR count). The van der Waals surface area contributed by atoms with Crippen LogP contribution in [0, 0.1) is 5.92 Å². The Balaban J connectivity index is 4.30. The predicted molar refractivity (Wildman–Crippen MR) is 54.5 cm³/mol. The fourth-order valence-corrected chi connectivity index (χ4v) is 1.93. The van der Waals surface area contributed by atoms with Gasteiger partial charge in [0.25, 0.3) is 0 Å². The number of allylic oxidation sites excluding steroid dienone is 2. The summed E-state index contributed by atoms with van der Waals surface area (Å²) in [6.07, 6.45) is 0.973. The maximum atomic E-state index is 5.86. The lowest BCUT2D eigenvalue weighted by atomic mass is 10.1. The van der Waals surface area contributed by atoms with Gasteiger partial charge in [0.05, 0.1) is 0 Å². The molecule has 0 unspecified atom stereocenters. The molecule has 11 heavy (non-hydrogen) atoms. The standard InChI is InChI=1S/C9H19NS/c1-5-8(10)9(7(3)4)11-6-2/h7H,5-6,10H2,1-4H3/b9-8-. The molecule has 0 aromatic rings. The van der Waals surface area contributed by atoms with E-state index in [4.69, 9.17) is 5.73 Å². The second kappa shape index (κ2) is 5.53. The zero-order valence-electron chi connectivity index (χ0n) is 7.98. The van der Waals surface area contributed by atoms with Crippen molar-refractivity contribution in [2.24, 2.45) is 11.7 Å². The van der Waals surface area contributed by atoms with Gasteiger partial charge in [0.1, 0.15) is 0 Å². The third-order valence-electron chi connectivity index (χ3n) is 1.52. The van der Waals surface area contributed by atoms with Crippen LogP contribution in [0.1, 0.15) is 34.1 Å². The molecule has 1 nitrogen and oxygen atoms in total. The summed E-state index contributed by atoms with van der Waals surface area (Å²) in [5.74, 6) is 1.70. The molecular weight excluding hydrogens is 154 g/mol. The molecular formula is C9H19NS. The van der Waals surface area contributed by atoms with Crippen LogP contribution in [0.15, 0.2) is 10.6 Å². The monoisotopic (exact) mass is 173 g/mol. The van der Waals surface area contributed by atoms with Gasteiger partial charge < -0.3 is 5.73 Å². The highest BCUT2D eigenvalue weighted by molar-refractivity contribution is 8.03. The molecule has 0 radical (unpaired) electrons. The van der Waals surface area contributed by atoms with E-state index in [1.165, 1.54) is 4.91 Å². The first-order chi connectivity index (χ1) is 5.13. The van der Waals surface area contributed by atoms with E-state index in [2.05, 4.69) is 27.7 Å². The molecule has 0 heterocycles. The lowest BCUT2D eigenvalue weighted by molar-refractivity contribution is 0.794. The van der Waals surface area contributed by atoms with Crippen LogP contribution in [0.2, 0.25) is 0 Å². The van der Waals surface area contributed by atoms with Gasteiger partial charge in [-0.2, -0.15) is 0 Å². The largest absolute Gasteiger partial charge is 0.401 e. The van der Waals surface area contributed by atoms with Gasteiger partial charge in [-0.15, -0.1) is 11.8 Å². The minimum Gasteiger partial charge on any atom is -0.401 e. The van der Waals surface area contributed by atoms with Gasteiger partial charge in [0.15, 0.2) is 0 Å². The van der Waals surface area contributed by atoms with Crippen LogP contribution < -0.4 is 5.73 Å². The van der Waals surface area contributed by atoms with E-state index in [1.807, 2.05) is 11.8 Å². The maximum Gasteiger partial charge on any atom is 0.0177 e. The van der Waals surface area contributed by atoms with Gasteiger partial charge in [0, 0.05) is 10.6 Å². The van der Waals surface area contributed by atoms with Gasteiger partial charge in [-0.05, 0) is 18.1 Å². The summed E-state index contributed by atoms with van der Waals surface area (Å²) in [6, 6.07) is 0. The Bertz CT molecular complexity index is 138. The molecule has 0 fully saturated rings. The molecule has 0 saturated heterocycles. The summed E-state index contributed by atoms with van der Waals surface area (Å²) in [5, 5.41) is 0. The number of hydrogen-bond donors (Lipinski definition) is 1. The Kier molecular flexibility index (Phi) is 5.47. The first-order valence-corrected chi connectivity index (χ1v) is 5.23. The van der Waals surface area contributed by atoms with E-state index in [1.54, 1.807) is 0 Å². The number of thioether (sulfide) groups is 1. The summed E-state index contributed by atoms with van der Waals surface area (Å²) in [5.41, 5.74) is 6.92. The Morgan fingerprint density at radius 1 is 1.36 bits per heavy atom. The smallest absolute Gasteiger partial charge is 0.0177 e. The summed E-state index contributed by atoms with van der Waals surface area (Å²) in [4.78, 5) is 1.37. The molecule has 0 bridgehead atoms. The van der Waals surface area contributed by atoms with Crippen LogP contribution in [0.25, 0.3) is 0 Å². The Morgan fingerprint density at radius 2 is 1.91 bits per heavy atom. The van der Waals surface area contributed by atoms with Crippen LogP contribution in [0.4, 0.5) is 0 Å². The van der Waals surface area contributed by atoms with Crippen molar-refractivity contribution in [3.8, 4) is 0 Å². The van der Waals surface area contributed by atoms with Crippen LogP contribution in [0.5, 0.6) is 0 Å². The number of rotatable bonds is 4. The van der Waals surface area contributed by atoms with Crippen molar-refractivity contribution >= 4 is 11.8 Å². The Hall–Kier alpha value is -0.110. The van der Waals surface area contributed by atoms with Gasteiger partial charge in [0.2, 0.25) is 0 Å². The van der Waals surface area contributed by atoms with Crippen LogP contribution in [-0.2, 0) is 0 Å². The number of hydrogen-bond acceptors (Lipinski definition) is 2. The van der Waals surface area contributed by atoms with E-state index in [9.17, 15) is 0 Å². The molecule has 0 amide bonds. The second-order valence-corrected chi connectivity index (χ2v) is 4.14. The van der Waals surface area contributed by atoms with Crippen molar-refractivity contribution in [3.63, 3.8) is 0 Å². The highest BCUT2D eigenvalue weighted by Crippen LogP contribution is 2.26. The molecule has 0 aromatic carbocycles. The van der Waals surface area contributed by atoms with E-state index in [0.29, 0.717) is 5.92 Å². The van der Waals surface area contributed by atoms with Crippen molar-refractivity contribution in [3.05, 3.63) is 10.6 Å². The molecule has 0 atom stereocenters. The highest BCUT2D eigenvalue weighted by Gasteiger charge is 2.06. The Morgan fingerprint density at radius 3 is 2.18 bits per heavy atom. The summed E-state index contributed by atoms with van der Waals surface area (Å²) < 4.78 is 0. The van der Waals surface area contributed by atoms with Crippen molar-refractivity contribution < 1.29 is 0 Å². The minimum absolute atomic E-state index is 0.583. The van der Waals surface area contributed by atoms with E-state index >= 15 is 0 Å². The second-order valence-electron chi connectivity index (χ2n) is 2.83. The van der Waals surface area contributed by atoms with Gasteiger partial charge >= 0.3 is 0 Å². The zero-order chi connectivity index (χ0) is 8.85. The van der Waals surface area contributed by atoms with Crippen molar-refractivity contribution in [2.75, 3.05) is 5.75 Å². The molecule has 0 aromatic heterocycles. The molecule has 0 aliphatic heterocycles. The van der Waals surface area contributed by atoms with Crippen LogP contribution >= 0.6 is 11.8 Å². The SMILES string of the molecule is CCS/C(=C(\N)CC)C(C)C. The average molecular weight is 173 g/mol. The maximum absolute atomic E-state index is 5.86. The van der Waals surface area contributed by atoms with Crippen LogP contribution in [0.3, 0.4) is 0 Å². The number of nitrogens with two attached hydrogens (primary N) is 1. The summed E-state index contributed by atoms with van der Waals surface area (Å²) >= 11 is 1.87. The fraction of sp³-hybridized carbons (Fsp3) is 0.778. The molecule has 0 spiro atoms. The fourth-order valence-electron chi connectivity index (χ4n) is 0.960. The normalized spacial score (nSPS) is 13.5. The predicted octanol–water partition coefficient (Wildman–Crippen LogP) is 2.98. The van der Waals surface area contributed by atoms with Gasteiger partial charge in [-0.25, -0.2) is 0 Å². The van der Waals surface area contributed by atoms with Crippen LogP contribution in [-0.4, -0.2) is 5.75 Å². The lowest BCUT2D eigenvalue weighted by Gasteiger charge is -2.12. The Labute approximate surface area is 74.4 Å². The summed E-state index contributed by atoms with van der Waals surface area (Å²) in [6.45, 7) is 8.66. The van der Waals surface area contributed by atoms with E-state index in [-0.39, 0.29) is 0 Å². The van der Waals surface area contributed by atoms with Crippen molar-refractivity contribution in [1.29, 1.82) is 0 Å². The zero-order valence-corrected chi connectivity index (χ0v) is 8.79. The average Bonchev–Trinajstić information content (AvgIpc) is 1.98. The molecule has 2 heteroatoms. The first-order valence-electron chi connectivity index (χ1n) is 4.24. The van der Waals surface area contributed by atoms with Crippen molar-refractivity contribution in [2.45, 2.75) is 34.1 Å².